The Morgan fingerprint density at radius 2 is 1.97 bits per heavy atom. The standard InChI is InChI=1S/C25H31N3O2/c1-19-8-5-6-14-27(19)15-7-13-26-24(29)21-11-12-22-18-28(25(30)23(22)16-21)17-20-9-3-2-4-10-20/h2-4,9-12,16,19H,5-8,13-15,17-18H2,1H3,(H,26,29). The van der Waals surface area contributed by atoms with Gasteiger partial charge in [0.1, 0.15) is 0 Å². The van der Waals surface area contributed by atoms with Gasteiger partial charge in [0.25, 0.3) is 11.8 Å². The van der Waals surface area contributed by atoms with Crippen molar-refractivity contribution >= 4 is 11.8 Å². The van der Waals surface area contributed by atoms with Crippen molar-refractivity contribution in [2.45, 2.75) is 51.7 Å². The van der Waals surface area contributed by atoms with Crippen LogP contribution in [0.5, 0.6) is 0 Å². The Hall–Kier alpha value is -2.66. The molecule has 5 heteroatoms. The second-order valence-corrected chi connectivity index (χ2v) is 8.51. The quantitative estimate of drug-likeness (QED) is 0.712. The predicted molar refractivity (Wildman–Crippen MR) is 118 cm³/mol. The summed E-state index contributed by atoms with van der Waals surface area (Å²) in [6.45, 7) is 6.33. The van der Waals surface area contributed by atoms with Crippen LogP contribution < -0.4 is 5.32 Å². The molecule has 2 aromatic carbocycles. The molecule has 0 aliphatic carbocycles. The van der Waals surface area contributed by atoms with E-state index >= 15 is 0 Å². The highest BCUT2D eigenvalue weighted by Gasteiger charge is 2.28. The van der Waals surface area contributed by atoms with Crippen molar-refractivity contribution in [3.63, 3.8) is 0 Å². The Kier molecular flexibility index (Phi) is 6.48. The van der Waals surface area contributed by atoms with Gasteiger partial charge in [-0.25, -0.2) is 0 Å². The fraction of sp³-hybridized carbons (Fsp3) is 0.440. The number of piperidine rings is 1. The average Bonchev–Trinajstić information content (AvgIpc) is 3.07. The van der Waals surface area contributed by atoms with Crippen molar-refractivity contribution in [3.8, 4) is 0 Å². The van der Waals surface area contributed by atoms with E-state index in [0.29, 0.717) is 36.8 Å². The lowest BCUT2D eigenvalue weighted by Crippen LogP contribution is -2.39. The number of benzene rings is 2. The van der Waals surface area contributed by atoms with Crippen molar-refractivity contribution in [2.75, 3.05) is 19.6 Å². The van der Waals surface area contributed by atoms with Gasteiger partial charge in [-0.2, -0.15) is 0 Å². The molecule has 0 spiro atoms. The van der Waals surface area contributed by atoms with Gasteiger partial charge in [-0.15, -0.1) is 0 Å². The Morgan fingerprint density at radius 1 is 1.13 bits per heavy atom. The number of carbonyl (C=O) groups is 2. The molecule has 0 saturated carbocycles. The summed E-state index contributed by atoms with van der Waals surface area (Å²) in [4.78, 5) is 29.8. The topological polar surface area (TPSA) is 52.7 Å². The smallest absolute Gasteiger partial charge is 0.254 e. The number of fused-ring (bicyclic) bond motifs is 1. The van der Waals surface area contributed by atoms with Crippen molar-refractivity contribution in [1.82, 2.24) is 15.1 Å². The lowest BCUT2D eigenvalue weighted by Gasteiger charge is -2.33. The second-order valence-electron chi connectivity index (χ2n) is 8.51. The lowest BCUT2D eigenvalue weighted by molar-refractivity contribution is 0.0766. The first kappa shape index (κ1) is 20.6. The molecule has 0 bridgehead atoms. The summed E-state index contributed by atoms with van der Waals surface area (Å²) in [7, 11) is 0. The number of likely N-dealkylation sites (tertiary alicyclic amines) is 1. The molecule has 2 heterocycles. The Labute approximate surface area is 179 Å². The van der Waals surface area contributed by atoms with E-state index in [1.165, 1.54) is 25.8 Å². The van der Waals surface area contributed by atoms with Crippen molar-refractivity contribution in [2.24, 2.45) is 0 Å². The van der Waals surface area contributed by atoms with Crippen LogP contribution in [0.15, 0.2) is 48.5 Å². The molecular weight excluding hydrogens is 374 g/mol. The molecule has 30 heavy (non-hydrogen) atoms. The van der Waals surface area contributed by atoms with E-state index in [2.05, 4.69) is 17.1 Å². The monoisotopic (exact) mass is 405 g/mol. The number of amides is 2. The minimum atomic E-state index is -0.0983. The average molecular weight is 406 g/mol. The van der Waals surface area contributed by atoms with E-state index in [-0.39, 0.29) is 11.8 Å². The van der Waals surface area contributed by atoms with Gasteiger partial charge < -0.3 is 15.1 Å². The third kappa shape index (κ3) is 4.73. The van der Waals surface area contributed by atoms with Crippen LogP contribution in [0, 0.1) is 0 Å². The molecule has 4 rings (SSSR count). The summed E-state index contributed by atoms with van der Waals surface area (Å²) in [6, 6.07) is 16.2. The van der Waals surface area contributed by atoms with Gasteiger partial charge >= 0.3 is 0 Å². The highest BCUT2D eigenvalue weighted by Crippen LogP contribution is 2.25. The van der Waals surface area contributed by atoms with Gasteiger partial charge in [0.15, 0.2) is 0 Å². The molecular formula is C25H31N3O2. The SMILES string of the molecule is CC1CCCCN1CCCNC(=O)c1ccc2c(c1)C(=O)N(Cc1ccccc1)C2. The van der Waals surface area contributed by atoms with Crippen LogP contribution in [0.2, 0.25) is 0 Å². The van der Waals surface area contributed by atoms with Crippen LogP contribution in [-0.2, 0) is 13.1 Å². The number of nitrogens with zero attached hydrogens (tertiary/aromatic N) is 2. The van der Waals surface area contributed by atoms with Crippen molar-refractivity contribution < 1.29 is 9.59 Å². The minimum absolute atomic E-state index is 0.00240. The second kappa shape index (κ2) is 9.43. The Balaban J connectivity index is 1.30. The zero-order chi connectivity index (χ0) is 20.9. The molecule has 0 aromatic heterocycles. The van der Waals surface area contributed by atoms with E-state index in [1.807, 2.05) is 47.4 Å². The molecule has 1 unspecified atom stereocenters. The van der Waals surface area contributed by atoms with Crippen LogP contribution in [0.1, 0.15) is 64.4 Å². The minimum Gasteiger partial charge on any atom is -0.352 e. The third-order valence-electron chi connectivity index (χ3n) is 6.32. The van der Waals surface area contributed by atoms with E-state index in [9.17, 15) is 9.59 Å². The van der Waals surface area contributed by atoms with Crippen LogP contribution in [0.4, 0.5) is 0 Å². The van der Waals surface area contributed by atoms with Crippen LogP contribution in [0.3, 0.4) is 0 Å². The fourth-order valence-electron chi connectivity index (χ4n) is 4.51. The largest absolute Gasteiger partial charge is 0.352 e. The zero-order valence-electron chi connectivity index (χ0n) is 17.8. The summed E-state index contributed by atoms with van der Waals surface area (Å²) in [6.07, 6.45) is 4.83. The molecule has 5 nitrogen and oxygen atoms in total. The third-order valence-corrected chi connectivity index (χ3v) is 6.32. The lowest BCUT2D eigenvalue weighted by atomic mass is 10.0. The summed E-state index contributed by atoms with van der Waals surface area (Å²) >= 11 is 0. The summed E-state index contributed by atoms with van der Waals surface area (Å²) < 4.78 is 0. The van der Waals surface area contributed by atoms with Crippen molar-refractivity contribution in [3.05, 3.63) is 70.8 Å². The molecule has 0 radical (unpaired) electrons. The van der Waals surface area contributed by atoms with Gasteiger partial charge in [0, 0.05) is 43.3 Å². The number of hydrogen-bond donors (Lipinski definition) is 1. The maximum atomic E-state index is 12.8. The molecule has 1 atom stereocenters. The number of carbonyl (C=O) groups excluding carboxylic acids is 2. The maximum Gasteiger partial charge on any atom is 0.254 e. The summed E-state index contributed by atoms with van der Waals surface area (Å²) in [5.74, 6) is -0.0959. The molecule has 2 amide bonds. The molecule has 2 aliphatic rings. The van der Waals surface area contributed by atoms with Gasteiger partial charge in [-0.3, -0.25) is 9.59 Å². The van der Waals surface area contributed by atoms with Crippen molar-refractivity contribution in [1.29, 1.82) is 0 Å². The highest BCUT2D eigenvalue weighted by atomic mass is 16.2. The van der Waals surface area contributed by atoms with Gasteiger partial charge in [0.2, 0.25) is 0 Å². The van der Waals surface area contributed by atoms with Crippen LogP contribution >= 0.6 is 0 Å². The van der Waals surface area contributed by atoms with E-state index in [0.717, 1.165) is 24.1 Å². The molecule has 1 fully saturated rings. The van der Waals surface area contributed by atoms with Crippen LogP contribution in [-0.4, -0.2) is 47.3 Å². The maximum absolute atomic E-state index is 12.8. The van der Waals surface area contributed by atoms with Crippen LogP contribution in [0.25, 0.3) is 0 Å². The number of nitrogens with one attached hydrogen (secondary N) is 1. The zero-order valence-corrected chi connectivity index (χ0v) is 17.8. The summed E-state index contributed by atoms with van der Waals surface area (Å²) in [5.41, 5.74) is 3.32. The first-order valence-electron chi connectivity index (χ1n) is 11.1. The van der Waals surface area contributed by atoms with E-state index < -0.39 is 0 Å². The fourth-order valence-corrected chi connectivity index (χ4v) is 4.51. The van der Waals surface area contributed by atoms with E-state index in [4.69, 9.17) is 0 Å². The molecule has 2 aromatic rings. The number of hydrogen-bond acceptors (Lipinski definition) is 3. The predicted octanol–water partition coefficient (Wildman–Crippen LogP) is 3.84. The Morgan fingerprint density at radius 3 is 2.77 bits per heavy atom. The Bertz CT molecular complexity index is 897. The first-order chi connectivity index (χ1) is 14.6. The molecule has 158 valence electrons. The summed E-state index contributed by atoms with van der Waals surface area (Å²) in [5, 5.41) is 3.02. The van der Waals surface area contributed by atoms with Gasteiger partial charge in [-0.1, -0.05) is 42.8 Å². The highest BCUT2D eigenvalue weighted by molar-refractivity contribution is 6.02. The first-order valence-corrected chi connectivity index (χ1v) is 11.1. The van der Waals surface area contributed by atoms with Gasteiger partial charge in [-0.05, 0) is 56.0 Å². The molecule has 1 N–H and O–H groups in total. The normalized spacial score (nSPS) is 19.0. The number of rotatable bonds is 7. The molecule has 1 saturated heterocycles. The molecule has 2 aliphatic heterocycles. The van der Waals surface area contributed by atoms with Gasteiger partial charge in [0.05, 0.1) is 0 Å². The van der Waals surface area contributed by atoms with E-state index in [1.54, 1.807) is 6.07 Å².